The summed E-state index contributed by atoms with van der Waals surface area (Å²) in [6.45, 7) is 2.10. The summed E-state index contributed by atoms with van der Waals surface area (Å²) in [7, 11) is 0. The van der Waals surface area contributed by atoms with Crippen molar-refractivity contribution in [3.8, 4) is 10.6 Å². The van der Waals surface area contributed by atoms with Crippen LogP contribution in [0.1, 0.15) is 18.2 Å². The molecule has 3 aromatic rings. The summed E-state index contributed by atoms with van der Waals surface area (Å²) < 4.78 is 0. The van der Waals surface area contributed by atoms with E-state index in [9.17, 15) is 4.79 Å². The van der Waals surface area contributed by atoms with Crippen molar-refractivity contribution in [1.82, 2.24) is 4.98 Å². The number of thiazole rings is 1. The van der Waals surface area contributed by atoms with E-state index in [-0.39, 0.29) is 12.3 Å². The Hall–Kier alpha value is -2.17. The molecule has 0 aliphatic rings. The smallest absolute Gasteiger partial charge is 0.230 e. The number of rotatable bonds is 5. The number of carbonyl (C=O) groups excluding carboxylic acids is 1. The van der Waals surface area contributed by atoms with Gasteiger partial charge in [-0.3, -0.25) is 4.79 Å². The SMILES string of the molecule is CCc1ccc(NC(=O)Cc2csc(-c3ccccc3Cl)n2)cc1. The zero-order chi connectivity index (χ0) is 16.9. The lowest BCUT2D eigenvalue weighted by Gasteiger charge is -2.05. The molecular weight excluding hydrogens is 340 g/mol. The topological polar surface area (TPSA) is 42.0 Å². The third-order valence-electron chi connectivity index (χ3n) is 3.64. The van der Waals surface area contributed by atoms with Crippen LogP contribution in [0.15, 0.2) is 53.9 Å². The molecule has 3 rings (SSSR count). The van der Waals surface area contributed by atoms with Gasteiger partial charge in [-0.05, 0) is 30.2 Å². The molecule has 0 unspecified atom stereocenters. The lowest BCUT2D eigenvalue weighted by Crippen LogP contribution is -2.14. The van der Waals surface area contributed by atoms with Crippen LogP contribution in [0, 0.1) is 0 Å². The van der Waals surface area contributed by atoms with E-state index in [1.165, 1.54) is 16.9 Å². The van der Waals surface area contributed by atoms with Gasteiger partial charge in [0.1, 0.15) is 5.01 Å². The van der Waals surface area contributed by atoms with Crippen LogP contribution in [-0.4, -0.2) is 10.9 Å². The molecule has 1 amide bonds. The maximum absolute atomic E-state index is 12.2. The number of carbonyl (C=O) groups is 1. The van der Waals surface area contributed by atoms with Crippen molar-refractivity contribution < 1.29 is 4.79 Å². The molecule has 3 nitrogen and oxygen atoms in total. The molecule has 0 saturated carbocycles. The monoisotopic (exact) mass is 356 g/mol. The Morgan fingerprint density at radius 2 is 1.92 bits per heavy atom. The van der Waals surface area contributed by atoms with Crippen LogP contribution in [-0.2, 0) is 17.6 Å². The van der Waals surface area contributed by atoms with Gasteiger partial charge >= 0.3 is 0 Å². The van der Waals surface area contributed by atoms with Gasteiger partial charge in [0.2, 0.25) is 5.91 Å². The fourth-order valence-electron chi connectivity index (χ4n) is 2.34. The van der Waals surface area contributed by atoms with E-state index in [0.717, 1.165) is 28.4 Å². The van der Waals surface area contributed by atoms with Gasteiger partial charge in [-0.15, -0.1) is 11.3 Å². The Morgan fingerprint density at radius 3 is 2.62 bits per heavy atom. The first-order valence-corrected chi connectivity index (χ1v) is 8.99. The largest absolute Gasteiger partial charge is 0.326 e. The Bertz CT molecular complexity index is 843. The van der Waals surface area contributed by atoms with Gasteiger partial charge in [0, 0.05) is 16.6 Å². The average molecular weight is 357 g/mol. The van der Waals surface area contributed by atoms with Crippen molar-refractivity contribution in [3.63, 3.8) is 0 Å². The minimum atomic E-state index is -0.0738. The van der Waals surface area contributed by atoms with Crippen molar-refractivity contribution in [3.05, 3.63) is 70.2 Å². The normalized spacial score (nSPS) is 10.6. The third kappa shape index (κ3) is 4.02. The first-order valence-electron chi connectivity index (χ1n) is 7.74. The number of amides is 1. The number of nitrogens with zero attached hydrogens (tertiary/aromatic N) is 1. The maximum atomic E-state index is 12.2. The zero-order valence-corrected chi connectivity index (χ0v) is 14.8. The highest BCUT2D eigenvalue weighted by atomic mass is 35.5. The van der Waals surface area contributed by atoms with Gasteiger partial charge in [-0.2, -0.15) is 0 Å². The van der Waals surface area contributed by atoms with Crippen LogP contribution in [0.25, 0.3) is 10.6 Å². The molecular formula is C19H17ClN2OS. The molecule has 0 aliphatic carbocycles. The van der Waals surface area contributed by atoms with Crippen LogP contribution in [0.3, 0.4) is 0 Å². The molecule has 0 spiro atoms. The third-order valence-corrected chi connectivity index (χ3v) is 4.90. The van der Waals surface area contributed by atoms with Crippen LogP contribution in [0.5, 0.6) is 0 Å². The Labute approximate surface area is 150 Å². The van der Waals surface area contributed by atoms with E-state index in [1.54, 1.807) is 0 Å². The molecule has 122 valence electrons. The minimum absolute atomic E-state index is 0.0738. The summed E-state index contributed by atoms with van der Waals surface area (Å²) in [5.41, 5.74) is 3.69. The van der Waals surface area contributed by atoms with Crippen molar-refractivity contribution in [1.29, 1.82) is 0 Å². The average Bonchev–Trinajstić information content (AvgIpc) is 3.04. The Morgan fingerprint density at radius 1 is 1.17 bits per heavy atom. The Kier molecular flexibility index (Phi) is 5.28. The number of aryl methyl sites for hydroxylation is 1. The molecule has 1 heterocycles. The number of anilines is 1. The van der Waals surface area contributed by atoms with E-state index in [0.29, 0.717) is 5.02 Å². The number of benzene rings is 2. The zero-order valence-electron chi connectivity index (χ0n) is 13.3. The number of halogens is 1. The molecule has 0 atom stereocenters. The maximum Gasteiger partial charge on any atom is 0.230 e. The van der Waals surface area contributed by atoms with Crippen LogP contribution >= 0.6 is 22.9 Å². The highest BCUT2D eigenvalue weighted by molar-refractivity contribution is 7.13. The number of hydrogen-bond donors (Lipinski definition) is 1. The highest BCUT2D eigenvalue weighted by Crippen LogP contribution is 2.30. The van der Waals surface area contributed by atoms with Crippen LogP contribution < -0.4 is 5.32 Å². The molecule has 0 bridgehead atoms. The predicted molar refractivity (Wildman–Crippen MR) is 101 cm³/mol. The lowest BCUT2D eigenvalue weighted by molar-refractivity contribution is -0.115. The number of hydrogen-bond acceptors (Lipinski definition) is 3. The van der Waals surface area contributed by atoms with Gasteiger partial charge in [-0.1, -0.05) is 48.9 Å². The first-order chi connectivity index (χ1) is 11.7. The van der Waals surface area contributed by atoms with Crippen molar-refractivity contribution in [2.24, 2.45) is 0 Å². The summed E-state index contributed by atoms with van der Waals surface area (Å²) >= 11 is 7.69. The van der Waals surface area contributed by atoms with Gasteiger partial charge < -0.3 is 5.32 Å². The lowest BCUT2D eigenvalue weighted by atomic mass is 10.1. The predicted octanol–water partition coefficient (Wildman–Crippen LogP) is 5.21. The summed E-state index contributed by atoms with van der Waals surface area (Å²) in [6, 6.07) is 15.5. The molecule has 0 saturated heterocycles. The van der Waals surface area contributed by atoms with Crippen LogP contribution in [0.2, 0.25) is 5.02 Å². The van der Waals surface area contributed by atoms with Crippen molar-refractivity contribution in [2.45, 2.75) is 19.8 Å². The quantitative estimate of drug-likeness (QED) is 0.682. The first kappa shape index (κ1) is 16.7. The van der Waals surface area contributed by atoms with Gasteiger partial charge in [0.05, 0.1) is 17.1 Å². The second-order valence-electron chi connectivity index (χ2n) is 5.40. The van der Waals surface area contributed by atoms with Gasteiger partial charge in [0.15, 0.2) is 0 Å². The second kappa shape index (κ2) is 7.60. The van der Waals surface area contributed by atoms with E-state index in [1.807, 2.05) is 53.9 Å². The van der Waals surface area contributed by atoms with Gasteiger partial charge in [-0.25, -0.2) is 4.98 Å². The molecule has 0 aliphatic heterocycles. The number of aromatic nitrogens is 1. The highest BCUT2D eigenvalue weighted by Gasteiger charge is 2.11. The van der Waals surface area contributed by atoms with E-state index >= 15 is 0 Å². The molecule has 24 heavy (non-hydrogen) atoms. The molecule has 0 fully saturated rings. The number of nitrogens with one attached hydrogen (secondary N) is 1. The minimum Gasteiger partial charge on any atom is -0.326 e. The van der Waals surface area contributed by atoms with E-state index in [4.69, 9.17) is 11.6 Å². The summed E-state index contributed by atoms with van der Waals surface area (Å²) in [5, 5.41) is 6.30. The second-order valence-corrected chi connectivity index (χ2v) is 6.66. The van der Waals surface area contributed by atoms with E-state index < -0.39 is 0 Å². The fraction of sp³-hybridized carbons (Fsp3) is 0.158. The van der Waals surface area contributed by atoms with Gasteiger partial charge in [0.25, 0.3) is 0 Å². The Balaban J connectivity index is 1.66. The molecule has 5 heteroatoms. The summed E-state index contributed by atoms with van der Waals surface area (Å²) in [6.07, 6.45) is 1.23. The molecule has 1 N–H and O–H groups in total. The standard InChI is InChI=1S/C19H17ClN2OS/c1-2-13-7-9-14(10-8-13)21-18(23)11-15-12-24-19(22-15)16-5-3-4-6-17(16)20/h3-10,12H,2,11H2,1H3,(H,21,23). The molecule has 0 radical (unpaired) electrons. The molecule has 1 aromatic heterocycles. The van der Waals surface area contributed by atoms with Crippen molar-refractivity contribution in [2.75, 3.05) is 5.32 Å². The van der Waals surface area contributed by atoms with Crippen LogP contribution in [0.4, 0.5) is 5.69 Å². The molecule has 2 aromatic carbocycles. The summed E-state index contributed by atoms with van der Waals surface area (Å²) in [4.78, 5) is 16.7. The van der Waals surface area contributed by atoms with E-state index in [2.05, 4.69) is 17.2 Å². The summed E-state index contributed by atoms with van der Waals surface area (Å²) in [5.74, 6) is -0.0738. The van der Waals surface area contributed by atoms with Crippen molar-refractivity contribution >= 4 is 34.5 Å². The fourth-order valence-corrected chi connectivity index (χ4v) is 3.48.